The van der Waals surface area contributed by atoms with Crippen LogP contribution in [0.15, 0.2) is 16.6 Å². The summed E-state index contributed by atoms with van der Waals surface area (Å²) in [4.78, 5) is 14.1. The Hall–Kier alpha value is -1.54. The maximum atomic E-state index is 12.3. The van der Waals surface area contributed by atoms with Crippen LogP contribution in [0.4, 0.5) is 4.79 Å². The lowest BCUT2D eigenvalue weighted by Crippen LogP contribution is -2.37. The fourth-order valence-corrected chi connectivity index (χ4v) is 4.27. The minimum absolute atomic E-state index is 0.0931. The quantitative estimate of drug-likeness (QED) is 0.686. The van der Waals surface area contributed by atoms with Gasteiger partial charge in [-0.15, -0.1) is 0 Å². The zero-order valence-corrected chi connectivity index (χ0v) is 15.4. The Bertz CT molecular complexity index is 702. The van der Waals surface area contributed by atoms with Crippen LogP contribution in [0, 0.1) is 16.7 Å². The van der Waals surface area contributed by atoms with Gasteiger partial charge in [-0.25, -0.2) is 4.79 Å². The topological polar surface area (TPSA) is 53.3 Å². The smallest absolute Gasteiger partial charge is 0.410 e. The van der Waals surface area contributed by atoms with Crippen LogP contribution >= 0.6 is 15.9 Å². The Morgan fingerprint density at radius 1 is 1.39 bits per heavy atom. The molecule has 4 nitrogen and oxygen atoms in total. The van der Waals surface area contributed by atoms with Gasteiger partial charge in [-0.1, -0.05) is 6.07 Å². The van der Waals surface area contributed by atoms with E-state index in [9.17, 15) is 10.1 Å². The van der Waals surface area contributed by atoms with Gasteiger partial charge in [0.1, 0.15) is 11.7 Å². The molecule has 0 unspecified atom stereocenters. The highest BCUT2D eigenvalue weighted by molar-refractivity contribution is 9.10. The molecule has 1 aliphatic heterocycles. The van der Waals surface area contributed by atoms with Crippen LogP contribution in [0.3, 0.4) is 0 Å². The van der Waals surface area contributed by atoms with Crippen LogP contribution in [0.1, 0.15) is 43.9 Å². The minimum Gasteiger partial charge on any atom is -0.444 e. The molecule has 1 aliphatic carbocycles. The fraction of sp³-hybridized carbons (Fsp3) is 0.556. The zero-order valence-electron chi connectivity index (χ0n) is 13.8. The van der Waals surface area contributed by atoms with Crippen molar-refractivity contribution >= 4 is 22.0 Å². The van der Waals surface area contributed by atoms with E-state index in [1.165, 1.54) is 11.1 Å². The first-order valence-electron chi connectivity index (χ1n) is 7.91. The van der Waals surface area contributed by atoms with Gasteiger partial charge >= 0.3 is 6.09 Å². The largest absolute Gasteiger partial charge is 0.444 e. The van der Waals surface area contributed by atoms with E-state index in [4.69, 9.17) is 4.74 Å². The average molecular weight is 377 g/mol. The molecule has 0 aromatic heterocycles. The molecule has 1 aromatic carbocycles. The summed E-state index contributed by atoms with van der Waals surface area (Å²) < 4.78 is 6.42. The van der Waals surface area contributed by atoms with Gasteiger partial charge < -0.3 is 9.64 Å². The molecule has 122 valence electrons. The van der Waals surface area contributed by atoms with Crippen molar-refractivity contribution in [3.63, 3.8) is 0 Å². The molecule has 3 rings (SSSR count). The fourth-order valence-electron chi connectivity index (χ4n) is 3.65. The van der Waals surface area contributed by atoms with Crippen LogP contribution in [0.5, 0.6) is 0 Å². The van der Waals surface area contributed by atoms with Crippen LogP contribution in [-0.2, 0) is 17.6 Å². The van der Waals surface area contributed by atoms with Crippen molar-refractivity contribution < 1.29 is 9.53 Å². The third-order valence-electron chi connectivity index (χ3n) is 4.67. The number of amides is 1. The lowest BCUT2D eigenvalue weighted by atomic mass is 9.84. The second-order valence-electron chi connectivity index (χ2n) is 7.68. The summed E-state index contributed by atoms with van der Waals surface area (Å²) in [6.07, 6.45) is 2.64. The number of carbonyl (C=O) groups excluding carboxylic acids is 1. The minimum atomic E-state index is -0.462. The van der Waals surface area contributed by atoms with E-state index in [0.29, 0.717) is 5.56 Å². The van der Waals surface area contributed by atoms with Gasteiger partial charge in [0.05, 0.1) is 5.56 Å². The molecule has 5 heteroatoms. The highest BCUT2D eigenvalue weighted by Crippen LogP contribution is 2.46. The van der Waals surface area contributed by atoms with Crippen LogP contribution in [-0.4, -0.2) is 29.7 Å². The molecule has 1 saturated heterocycles. The van der Waals surface area contributed by atoms with Crippen molar-refractivity contribution in [2.45, 2.75) is 45.6 Å². The number of rotatable bonds is 0. The van der Waals surface area contributed by atoms with Gasteiger partial charge in [0.2, 0.25) is 0 Å². The molecule has 2 aliphatic rings. The van der Waals surface area contributed by atoms with Crippen molar-refractivity contribution in [2.75, 3.05) is 13.1 Å². The van der Waals surface area contributed by atoms with Crippen molar-refractivity contribution in [2.24, 2.45) is 5.41 Å². The number of likely N-dealkylation sites (tertiary alicyclic amines) is 1. The Kier molecular flexibility index (Phi) is 3.92. The maximum absolute atomic E-state index is 12.3. The standard InChI is InChI=1S/C18H21BrN2O2/c1-17(2,3)23-16(22)21-7-6-18(11-21)8-12-4-5-13(10-20)15(19)14(12)9-18/h4-5H,6-9,11H2,1-3H3/t18-/m0/s1. The number of ether oxygens (including phenoxy) is 1. The van der Waals surface area contributed by atoms with Crippen LogP contribution in [0.2, 0.25) is 0 Å². The van der Waals surface area contributed by atoms with E-state index in [0.717, 1.165) is 36.8 Å². The normalized spacial score (nSPS) is 23.0. The molecular formula is C18H21BrN2O2. The van der Waals surface area contributed by atoms with Crippen molar-refractivity contribution in [1.82, 2.24) is 4.90 Å². The molecule has 1 amide bonds. The second kappa shape index (κ2) is 5.52. The molecule has 0 radical (unpaired) electrons. The highest BCUT2D eigenvalue weighted by atomic mass is 79.9. The number of fused-ring (bicyclic) bond motifs is 1. The van der Waals surface area contributed by atoms with Crippen molar-refractivity contribution in [3.8, 4) is 6.07 Å². The first-order chi connectivity index (χ1) is 10.7. The summed E-state index contributed by atoms with van der Waals surface area (Å²) >= 11 is 3.58. The third kappa shape index (κ3) is 3.10. The lowest BCUT2D eigenvalue weighted by Gasteiger charge is -2.26. The number of benzene rings is 1. The molecule has 1 heterocycles. The number of nitrogens with zero attached hydrogens (tertiary/aromatic N) is 2. The number of halogens is 1. The first kappa shape index (κ1) is 16.3. The summed E-state index contributed by atoms with van der Waals surface area (Å²) in [7, 11) is 0. The molecule has 0 bridgehead atoms. The Morgan fingerprint density at radius 3 is 2.78 bits per heavy atom. The number of carbonyl (C=O) groups is 1. The highest BCUT2D eigenvalue weighted by Gasteiger charge is 2.45. The van der Waals surface area contributed by atoms with E-state index in [1.807, 2.05) is 31.7 Å². The number of hydrogen-bond acceptors (Lipinski definition) is 3. The molecule has 1 aromatic rings. The molecule has 0 saturated carbocycles. The molecule has 1 spiro atoms. The maximum Gasteiger partial charge on any atom is 0.410 e. The van der Waals surface area contributed by atoms with Crippen LogP contribution < -0.4 is 0 Å². The summed E-state index contributed by atoms with van der Waals surface area (Å²) in [6, 6.07) is 6.16. The lowest BCUT2D eigenvalue weighted by molar-refractivity contribution is 0.0274. The van der Waals surface area contributed by atoms with E-state index in [-0.39, 0.29) is 11.5 Å². The van der Waals surface area contributed by atoms with Gasteiger partial charge in [-0.2, -0.15) is 5.26 Å². The zero-order chi connectivity index (χ0) is 16.8. The summed E-state index contributed by atoms with van der Waals surface area (Å²) in [5, 5.41) is 9.18. The monoisotopic (exact) mass is 376 g/mol. The van der Waals surface area contributed by atoms with E-state index in [2.05, 4.69) is 28.1 Å². The van der Waals surface area contributed by atoms with Gasteiger partial charge in [0.15, 0.2) is 0 Å². The Balaban J connectivity index is 1.76. The molecule has 1 fully saturated rings. The van der Waals surface area contributed by atoms with Crippen molar-refractivity contribution in [1.29, 1.82) is 5.26 Å². The van der Waals surface area contributed by atoms with Gasteiger partial charge in [-0.3, -0.25) is 0 Å². The molecule has 0 N–H and O–H groups in total. The molecular weight excluding hydrogens is 356 g/mol. The Morgan fingerprint density at radius 2 is 2.13 bits per heavy atom. The summed E-state index contributed by atoms with van der Waals surface area (Å²) in [5.41, 5.74) is 2.84. The summed E-state index contributed by atoms with van der Waals surface area (Å²) in [6.45, 7) is 7.14. The number of nitriles is 1. The summed E-state index contributed by atoms with van der Waals surface area (Å²) in [5.74, 6) is 0. The Labute approximate surface area is 145 Å². The van der Waals surface area contributed by atoms with Crippen LogP contribution in [0.25, 0.3) is 0 Å². The first-order valence-corrected chi connectivity index (χ1v) is 8.71. The van der Waals surface area contributed by atoms with E-state index in [1.54, 1.807) is 0 Å². The predicted octanol–water partition coefficient (Wildman–Crippen LogP) is 4.05. The predicted molar refractivity (Wildman–Crippen MR) is 91.1 cm³/mol. The van der Waals surface area contributed by atoms with E-state index >= 15 is 0 Å². The van der Waals surface area contributed by atoms with Crippen molar-refractivity contribution in [3.05, 3.63) is 33.3 Å². The van der Waals surface area contributed by atoms with Gasteiger partial charge in [-0.05, 0) is 78.6 Å². The van der Waals surface area contributed by atoms with Gasteiger partial charge in [0.25, 0.3) is 0 Å². The number of hydrogen-bond donors (Lipinski definition) is 0. The molecule has 1 atom stereocenters. The SMILES string of the molecule is CC(C)(C)OC(=O)N1CC[C@@]2(Cc3ccc(C#N)c(Br)c3C2)C1. The molecule has 23 heavy (non-hydrogen) atoms. The average Bonchev–Trinajstić information content (AvgIpc) is 3.02. The third-order valence-corrected chi connectivity index (χ3v) is 5.57. The van der Waals surface area contributed by atoms with Gasteiger partial charge in [0, 0.05) is 17.6 Å². The second-order valence-corrected chi connectivity index (χ2v) is 8.48. The van der Waals surface area contributed by atoms with E-state index < -0.39 is 5.60 Å².